The van der Waals surface area contributed by atoms with Gasteiger partial charge in [-0.05, 0) is 54.0 Å². The van der Waals surface area contributed by atoms with Crippen molar-refractivity contribution in [3.05, 3.63) is 54.4 Å². The molecule has 4 nitrogen and oxygen atoms in total. The number of hydrogen-bond donors (Lipinski definition) is 1. The Kier molecular flexibility index (Phi) is 6.99. The van der Waals surface area contributed by atoms with Gasteiger partial charge in [-0.3, -0.25) is 9.78 Å². The highest BCUT2D eigenvalue weighted by molar-refractivity contribution is 5.80. The van der Waals surface area contributed by atoms with E-state index in [4.69, 9.17) is 4.74 Å². The lowest BCUT2D eigenvalue weighted by atomic mass is 9.88. The van der Waals surface area contributed by atoms with Crippen molar-refractivity contribution in [2.75, 3.05) is 0 Å². The first-order chi connectivity index (χ1) is 13.2. The molecule has 144 valence electrons. The lowest BCUT2D eigenvalue weighted by Crippen LogP contribution is -2.39. The Labute approximate surface area is 162 Å². The minimum absolute atomic E-state index is 0.00561. The molecule has 1 aromatic carbocycles. The van der Waals surface area contributed by atoms with Gasteiger partial charge < -0.3 is 10.1 Å². The topological polar surface area (TPSA) is 51.2 Å². The molecule has 1 N–H and O–H groups in total. The lowest BCUT2D eigenvalue weighted by Gasteiger charge is -2.29. The summed E-state index contributed by atoms with van der Waals surface area (Å²) >= 11 is 0. The van der Waals surface area contributed by atoms with E-state index in [9.17, 15) is 4.79 Å². The monoisotopic (exact) mass is 366 g/mol. The fourth-order valence-corrected chi connectivity index (χ4v) is 3.74. The third-order valence-corrected chi connectivity index (χ3v) is 5.34. The number of rotatable bonds is 7. The number of pyridine rings is 1. The first-order valence-electron chi connectivity index (χ1n) is 10.1. The van der Waals surface area contributed by atoms with Crippen LogP contribution in [0.3, 0.4) is 0 Å². The highest BCUT2D eigenvalue weighted by atomic mass is 16.5. The molecule has 0 radical (unpaired) electrons. The summed E-state index contributed by atoms with van der Waals surface area (Å²) in [5.74, 6) is 0.692. The predicted octanol–water partition coefficient (Wildman–Crippen LogP) is 4.74. The summed E-state index contributed by atoms with van der Waals surface area (Å²) in [5.41, 5.74) is 3.37. The van der Waals surface area contributed by atoms with Crippen LogP contribution in [0.4, 0.5) is 0 Å². The average molecular weight is 367 g/mol. The predicted molar refractivity (Wildman–Crippen MR) is 108 cm³/mol. The van der Waals surface area contributed by atoms with Gasteiger partial charge in [-0.1, -0.05) is 51.0 Å². The van der Waals surface area contributed by atoms with Crippen LogP contribution in [0, 0.1) is 5.92 Å². The van der Waals surface area contributed by atoms with Crippen LogP contribution in [-0.2, 0) is 16.1 Å². The first kappa shape index (κ1) is 19.6. The van der Waals surface area contributed by atoms with Crippen molar-refractivity contribution < 1.29 is 9.53 Å². The van der Waals surface area contributed by atoms with E-state index in [1.807, 2.05) is 19.1 Å². The molecule has 1 heterocycles. The molecule has 3 atom stereocenters. The highest BCUT2D eigenvalue weighted by Crippen LogP contribution is 2.27. The van der Waals surface area contributed by atoms with Crippen LogP contribution in [-0.4, -0.2) is 23.1 Å². The molecule has 3 unspecified atom stereocenters. The Balaban J connectivity index is 1.51. The van der Waals surface area contributed by atoms with E-state index in [0.717, 1.165) is 29.5 Å². The van der Waals surface area contributed by atoms with Crippen LogP contribution in [0.2, 0.25) is 0 Å². The van der Waals surface area contributed by atoms with Crippen molar-refractivity contribution >= 4 is 5.91 Å². The normalized spacial score (nSPS) is 20.8. The summed E-state index contributed by atoms with van der Waals surface area (Å²) in [5, 5.41) is 3.04. The fourth-order valence-electron chi connectivity index (χ4n) is 3.74. The number of carbonyl (C=O) groups is 1. The molecule has 0 bridgehead atoms. The number of amides is 1. The molecule has 4 heteroatoms. The molecule has 2 aromatic rings. The van der Waals surface area contributed by atoms with E-state index in [0.29, 0.717) is 18.9 Å². The number of ether oxygens (including phenoxy) is 1. The molecule has 1 amide bonds. The van der Waals surface area contributed by atoms with Crippen LogP contribution < -0.4 is 5.32 Å². The zero-order valence-electron chi connectivity index (χ0n) is 16.4. The molecule has 1 aliphatic rings. The van der Waals surface area contributed by atoms with Crippen molar-refractivity contribution in [2.24, 2.45) is 5.92 Å². The van der Waals surface area contributed by atoms with Gasteiger partial charge in [-0.2, -0.15) is 0 Å². The smallest absolute Gasteiger partial charge is 0.249 e. The van der Waals surface area contributed by atoms with E-state index >= 15 is 0 Å². The van der Waals surface area contributed by atoms with E-state index in [1.54, 1.807) is 12.4 Å². The molecular weight excluding hydrogens is 336 g/mol. The van der Waals surface area contributed by atoms with Crippen LogP contribution >= 0.6 is 0 Å². The Morgan fingerprint density at radius 2 is 1.85 bits per heavy atom. The molecular formula is C23H30N2O2. The minimum Gasteiger partial charge on any atom is -0.365 e. The van der Waals surface area contributed by atoms with Gasteiger partial charge >= 0.3 is 0 Å². The third-order valence-electron chi connectivity index (χ3n) is 5.34. The second-order valence-corrected chi connectivity index (χ2v) is 7.58. The van der Waals surface area contributed by atoms with Gasteiger partial charge in [0.1, 0.15) is 6.10 Å². The highest BCUT2D eigenvalue weighted by Gasteiger charge is 2.25. The molecule has 3 rings (SSSR count). The van der Waals surface area contributed by atoms with Crippen LogP contribution in [0.5, 0.6) is 0 Å². The number of nitrogens with one attached hydrogen (secondary N) is 1. The van der Waals surface area contributed by atoms with Crippen LogP contribution in [0.1, 0.15) is 51.5 Å². The van der Waals surface area contributed by atoms with Gasteiger partial charge in [-0.25, -0.2) is 0 Å². The summed E-state index contributed by atoms with van der Waals surface area (Å²) in [7, 11) is 0. The van der Waals surface area contributed by atoms with Crippen molar-refractivity contribution in [2.45, 2.75) is 64.7 Å². The Morgan fingerprint density at radius 3 is 2.52 bits per heavy atom. The van der Waals surface area contributed by atoms with Gasteiger partial charge in [0.15, 0.2) is 0 Å². The molecule has 1 aliphatic carbocycles. The number of benzene rings is 1. The lowest BCUT2D eigenvalue weighted by molar-refractivity contribution is -0.139. The Morgan fingerprint density at radius 1 is 1.15 bits per heavy atom. The van der Waals surface area contributed by atoms with Gasteiger partial charge in [0.2, 0.25) is 5.91 Å². The van der Waals surface area contributed by atoms with Gasteiger partial charge in [0, 0.05) is 18.9 Å². The standard InChI is InChI=1S/C23H30N2O2/c1-3-22(27-21-6-4-5-17(2)15-21)23(26)25-16-18-7-9-19(10-8-18)20-11-13-24-14-12-20/h7-14,17,21-22H,3-6,15-16H2,1-2H3,(H,25,26). The second-order valence-electron chi connectivity index (χ2n) is 7.58. The van der Waals surface area contributed by atoms with E-state index < -0.39 is 0 Å². The van der Waals surface area contributed by atoms with Gasteiger partial charge in [-0.15, -0.1) is 0 Å². The summed E-state index contributed by atoms with van der Waals surface area (Å²) in [4.78, 5) is 16.6. The van der Waals surface area contributed by atoms with Gasteiger partial charge in [0.05, 0.1) is 6.10 Å². The maximum atomic E-state index is 12.5. The SMILES string of the molecule is CCC(OC1CCCC(C)C1)C(=O)NCc1ccc(-c2ccncc2)cc1. The Hall–Kier alpha value is -2.20. The molecule has 0 aliphatic heterocycles. The van der Waals surface area contributed by atoms with Crippen molar-refractivity contribution in [1.82, 2.24) is 10.3 Å². The number of carbonyl (C=O) groups excluding carboxylic acids is 1. The zero-order chi connectivity index (χ0) is 19.1. The summed E-state index contributed by atoms with van der Waals surface area (Å²) in [6, 6.07) is 12.3. The van der Waals surface area contributed by atoms with Crippen LogP contribution in [0.15, 0.2) is 48.8 Å². The summed E-state index contributed by atoms with van der Waals surface area (Å²) in [6.07, 6.45) is 8.79. The second kappa shape index (κ2) is 9.65. The molecule has 1 fully saturated rings. The Bertz CT molecular complexity index is 715. The van der Waals surface area contributed by atoms with E-state index in [-0.39, 0.29) is 18.1 Å². The van der Waals surface area contributed by atoms with Crippen LogP contribution in [0.25, 0.3) is 11.1 Å². The van der Waals surface area contributed by atoms with Crippen molar-refractivity contribution in [3.8, 4) is 11.1 Å². The average Bonchev–Trinajstić information content (AvgIpc) is 2.71. The summed E-state index contributed by atoms with van der Waals surface area (Å²) < 4.78 is 6.12. The number of nitrogens with zero attached hydrogens (tertiary/aromatic N) is 1. The molecule has 1 aromatic heterocycles. The van der Waals surface area contributed by atoms with Crippen molar-refractivity contribution in [3.63, 3.8) is 0 Å². The van der Waals surface area contributed by atoms with Crippen molar-refractivity contribution in [1.29, 1.82) is 0 Å². The minimum atomic E-state index is -0.351. The maximum absolute atomic E-state index is 12.5. The van der Waals surface area contributed by atoms with Gasteiger partial charge in [0.25, 0.3) is 0 Å². The fraction of sp³-hybridized carbons (Fsp3) is 0.478. The third kappa shape index (κ3) is 5.64. The molecule has 0 spiro atoms. The number of hydrogen-bond acceptors (Lipinski definition) is 3. The quantitative estimate of drug-likeness (QED) is 0.770. The number of aromatic nitrogens is 1. The molecule has 0 saturated heterocycles. The zero-order valence-corrected chi connectivity index (χ0v) is 16.4. The maximum Gasteiger partial charge on any atom is 0.249 e. The van der Waals surface area contributed by atoms with E-state index in [2.05, 4.69) is 41.5 Å². The first-order valence-corrected chi connectivity index (χ1v) is 10.1. The van der Waals surface area contributed by atoms with E-state index in [1.165, 1.54) is 12.8 Å². The largest absolute Gasteiger partial charge is 0.365 e. The molecule has 27 heavy (non-hydrogen) atoms. The summed E-state index contributed by atoms with van der Waals surface area (Å²) in [6.45, 7) is 4.81. The molecule has 1 saturated carbocycles.